The van der Waals surface area contributed by atoms with Crippen molar-refractivity contribution >= 4 is 23.1 Å². The monoisotopic (exact) mass is 392 g/mol. The maximum absolute atomic E-state index is 13.6. The number of carbonyl (C=O) groups excluding carboxylic acids is 2. The molecule has 0 aromatic heterocycles. The van der Waals surface area contributed by atoms with E-state index in [2.05, 4.69) is 19.2 Å². The zero-order valence-corrected chi connectivity index (χ0v) is 17.0. The number of amides is 1. The van der Waals surface area contributed by atoms with Crippen molar-refractivity contribution in [3.63, 3.8) is 0 Å². The Labute approximate surface area is 170 Å². The number of hydrogen-bond donors (Lipinski definition) is 1. The third-order valence-electron chi connectivity index (χ3n) is 5.66. The molecule has 0 fully saturated rings. The highest BCUT2D eigenvalue weighted by Gasteiger charge is 2.42. The Morgan fingerprint density at radius 3 is 2.52 bits per heavy atom. The molecule has 4 nitrogen and oxygen atoms in total. The average molecular weight is 392 g/mol. The van der Waals surface area contributed by atoms with E-state index in [1.165, 1.54) is 12.1 Å². The zero-order valence-electron chi connectivity index (χ0n) is 17.0. The van der Waals surface area contributed by atoms with Gasteiger partial charge in [0, 0.05) is 24.1 Å². The lowest BCUT2D eigenvalue weighted by atomic mass is 9.73. The van der Waals surface area contributed by atoms with Gasteiger partial charge in [0.25, 0.3) is 0 Å². The fourth-order valence-corrected chi connectivity index (χ4v) is 4.39. The molecule has 1 atom stereocenters. The van der Waals surface area contributed by atoms with E-state index in [4.69, 9.17) is 0 Å². The van der Waals surface area contributed by atoms with Crippen LogP contribution >= 0.6 is 0 Å². The summed E-state index contributed by atoms with van der Waals surface area (Å²) >= 11 is 0. The van der Waals surface area contributed by atoms with Crippen molar-refractivity contribution in [2.24, 2.45) is 5.41 Å². The van der Waals surface area contributed by atoms with Gasteiger partial charge in [0.15, 0.2) is 5.78 Å². The average Bonchev–Trinajstić information content (AvgIpc) is 2.81. The Balaban J connectivity index is 2.00. The Morgan fingerprint density at radius 1 is 1.14 bits per heavy atom. The molecule has 0 bridgehead atoms. The molecule has 2 aliphatic rings. The van der Waals surface area contributed by atoms with Gasteiger partial charge in [-0.3, -0.25) is 14.5 Å². The molecule has 1 aliphatic carbocycles. The van der Waals surface area contributed by atoms with Gasteiger partial charge in [-0.15, -0.1) is 0 Å². The lowest BCUT2D eigenvalue weighted by Gasteiger charge is -2.37. The Hall–Kier alpha value is -2.95. The van der Waals surface area contributed by atoms with E-state index in [0.29, 0.717) is 24.8 Å². The molecule has 2 aromatic rings. The molecular formula is C24H25FN2O2. The van der Waals surface area contributed by atoms with E-state index >= 15 is 0 Å². The number of carbonyl (C=O) groups is 2. The van der Waals surface area contributed by atoms with Crippen LogP contribution in [0.4, 0.5) is 15.8 Å². The van der Waals surface area contributed by atoms with Crippen molar-refractivity contribution < 1.29 is 14.0 Å². The molecule has 4 rings (SSSR count). The first-order valence-corrected chi connectivity index (χ1v) is 10.0. The zero-order chi connectivity index (χ0) is 20.8. The van der Waals surface area contributed by atoms with Gasteiger partial charge in [0.2, 0.25) is 5.91 Å². The second-order valence-electron chi connectivity index (χ2n) is 8.55. The topological polar surface area (TPSA) is 49.4 Å². The standard InChI is InChI=1S/C24H25FN2O2/c1-4-21(29)27-19-8-6-5-7-17(19)26-18-13-24(2,3)14-20(28)22(18)23(27)15-9-11-16(25)12-10-15/h5-12,23,26H,4,13-14H2,1-3H3/t23-/m0/s1. The van der Waals surface area contributed by atoms with E-state index in [0.717, 1.165) is 22.6 Å². The third kappa shape index (κ3) is 3.46. The normalized spacial score (nSPS) is 20.5. The van der Waals surface area contributed by atoms with E-state index in [-0.39, 0.29) is 22.9 Å². The number of rotatable bonds is 2. The Morgan fingerprint density at radius 2 is 1.83 bits per heavy atom. The number of fused-ring (bicyclic) bond motifs is 1. The smallest absolute Gasteiger partial charge is 0.227 e. The number of hydrogen-bond acceptors (Lipinski definition) is 3. The summed E-state index contributed by atoms with van der Waals surface area (Å²) in [6, 6.07) is 13.1. The van der Waals surface area contributed by atoms with Crippen LogP contribution in [0.25, 0.3) is 0 Å². The quantitative estimate of drug-likeness (QED) is 0.747. The summed E-state index contributed by atoms with van der Waals surface area (Å²) in [6.07, 6.45) is 1.41. The molecule has 0 saturated heterocycles. The van der Waals surface area contributed by atoms with Crippen LogP contribution in [-0.2, 0) is 9.59 Å². The van der Waals surface area contributed by atoms with Crippen LogP contribution in [0, 0.1) is 11.2 Å². The molecule has 1 N–H and O–H groups in total. The van der Waals surface area contributed by atoms with Crippen molar-refractivity contribution in [2.45, 2.75) is 46.1 Å². The highest BCUT2D eigenvalue weighted by Crippen LogP contribution is 2.48. The lowest BCUT2D eigenvalue weighted by molar-refractivity contribution is -0.119. The summed E-state index contributed by atoms with van der Waals surface area (Å²) in [7, 11) is 0. The number of allylic oxidation sites excluding steroid dienone is 1. The number of para-hydroxylation sites is 2. The van der Waals surface area contributed by atoms with Crippen LogP contribution < -0.4 is 10.2 Å². The highest BCUT2D eigenvalue weighted by atomic mass is 19.1. The van der Waals surface area contributed by atoms with E-state index < -0.39 is 6.04 Å². The molecule has 0 unspecified atom stereocenters. The summed E-state index contributed by atoms with van der Waals surface area (Å²) in [4.78, 5) is 28.2. The van der Waals surface area contributed by atoms with Crippen LogP contribution in [-0.4, -0.2) is 11.7 Å². The van der Waals surface area contributed by atoms with Gasteiger partial charge in [-0.1, -0.05) is 45.0 Å². The third-order valence-corrected chi connectivity index (χ3v) is 5.66. The van der Waals surface area contributed by atoms with Gasteiger partial charge in [0.1, 0.15) is 5.82 Å². The molecule has 1 heterocycles. The lowest BCUT2D eigenvalue weighted by Crippen LogP contribution is -2.39. The minimum atomic E-state index is -0.585. The Bertz CT molecular complexity index is 1010. The molecule has 0 saturated carbocycles. The number of nitrogens with zero attached hydrogens (tertiary/aromatic N) is 1. The SMILES string of the molecule is CCC(=O)N1c2ccccc2NC2=C(C(=O)CC(C)(C)C2)[C@@H]1c1ccc(F)cc1. The summed E-state index contributed by atoms with van der Waals surface area (Å²) in [6.45, 7) is 5.97. The Kier molecular flexibility index (Phi) is 4.77. The second kappa shape index (κ2) is 7.14. The number of nitrogens with one attached hydrogen (secondary N) is 1. The van der Waals surface area contributed by atoms with E-state index in [1.54, 1.807) is 17.0 Å². The van der Waals surface area contributed by atoms with Gasteiger partial charge in [-0.25, -0.2) is 4.39 Å². The van der Waals surface area contributed by atoms with E-state index in [1.807, 2.05) is 31.2 Å². The molecule has 1 aliphatic heterocycles. The fraction of sp³-hybridized carbons (Fsp3) is 0.333. The van der Waals surface area contributed by atoms with Gasteiger partial charge < -0.3 is 5.32 Å². The molecule has 1 amide bonds. The first kappa shape index (κ1) is 19.4. The number of benzene rings is 2. The fourth-order valence-electron chi connectivity index (χ4n) is 4.39. The molecular weight excluding hydrogens is 367 g/mol. The molecule has 2 aromatic carbocycles. The molecule has 5 heteroatoms. The summed E-state index contributed by atoms with van der Waals surface area (Å²) in [5.41, 5.74) is 3.54. The number of halogens is 1. The van der Waals surface area contributed by atoms with Gasteiger partial charge in [-0.2, -0.15) is 0 Å². The van der Waals surface area contributed by atoms with E-state index in [9.17, 15) is 14.0 Å². The van der Waals surface area contributed by atoms with Gasteiger partial charge >= 0.3 is 0 Å². The van der Waals surface area contributed by atoms with Crippen molar-refractivity contribution in [3.8, 4) is 0 Å². The highest BCUT2D eigenvalue weighted by molar-refractivity contribution is 6.06. The van der Waals surface area contributed by atoms with Crippen LogP contribution in [0.3, 0.4) is 0 Å². The maximum atomic E-state index is 13.6. The van der Waals surface area contributed by atoms with Crippen LogP contribution in [0.2, 0.25) is 0 Å². The summed E-state index contributed by atoms with van der Waals surface area (Å²) in [5, 5.41) is 3.46. The van der Waals surface area contributed by atoms with Crippen molar-refractivity contribution in [1.82, 2.24) is 0 Å². The summed E-state index contributed by atoms with van der Waals surface area (Å²) in [5.74, 6) is -0.403. The molecule has 150 valence electrons. The number of ketones is 1. The van der Waals surface area contributed by atoms with Crippen LogP contribution in [0.15, 0.2) is 59.8 Å². The van der Waals surface area contributed by atoms with Crippen molar-refractivity contribution in [2.75, 3.05) is 10.2 Å². The summed E-state index contributed by atoms with van der Waals surface area (Å²) < 4.78 is 13.6. The minimum Gasteiger partial charge on any atom is -0.357 e. The molecule has 0 spiro atoms. The minimum absolute atomic E-state index is 0.0276. The van der Waals surface area contributed by atoms with Crippen molar-refractivity contribution in [1.29, 1.82) is 0 Å². The first-order valence-electron chi connectivity index (χ1n) is 10.0. The predicted molar refractivity (Wildman–Crippen MR) is 112 cm³/mol. The van der Waals surface area contributed by atoms with Gasteiger partial charge in [0.05, 0.1) is 17.4 Å². The largest absolute Gasteiger partial charge is 0.357 e. The van der Waals surface area contributed by atoms with Crippen LogP contribution in [0.5, 0.6) is 0 Å². The second-order valence-corrected chi connectivity index (χ2v) is 8.55. The predicted octanol–water partition coefficient (Wildman–Crippen LogP) is 5.38. The molecule has 0 radical (unpaired) electrons. The molecule has 29 heavy (non-hydrogen) atoms. The van der Waals surface area contributed by atoms with Crippen LogP contribution in [0.1, 0.15) is 51.6 Å². The maximum Gasteiger partial charge on any atom is 0.227 e. The first-order chi connectivity index (χ1) is 13.8. The van der Waals surface area contributed by atoms with Crippen molar-refractivity contribution in [3.05, 3.63) is 71.2 Å². The number of Topliss-reactive ketones (excluding diaryl/α,β-unsaturated/α-hetero) is 1. The number of anilines is 2. The van der Waals surface area contributed by atoms with Gasteiger partial charge in [-0.05, 0) is 41.7 Å².